The fraction of sp³-hybridized carbons (Fsp3) is 0.333. The molecule has 0 unspecified atom stereocenters. The Bertz CT molecular complexity index is 771. The van der Waals surface area contributed by atoms with Gasteiger partial charge in [-0.15, -0.1) is 0 Å². The van der Waals surface area contributed by atoms with E-state index in [1.165, 1.54) is 0 Å². The maximum Gasteiger partial charge on any atom is 0.227 e. The summed E-state index contributed by atoms with van der Waals surface area (Å²) in [6, 6.07) is 15.2. The first-order valence-electron chi connectivity index (χ1n) is 9.08. The number of aryl methyl sites for hydroxylation is 1. The third-order valence-corrected chi connectivity index (χ3v) is 4.43. The van der Waals surface area contributed by atoms with E-state index in [1.54, 1.807) is 4.90 Å². The number of hydrogen-bond acceptors (Lipinski definition) is 3. The molecule has 1 fully saturated rings. The van der Waals surface area contributed by atoms with E-state index in [-0.39, 0.29) is 11.8 Å². The quantitative estimate of drug-likeness (QED) is 0.825. The molecule has 5 nitrogen and oxygen atoms in total. The lowest BCUT2D eigenvalue weighted by Gasteiger charge is -2.16. The van der Waals surface area contributed by atoms with Crippen molar-refractivity contribution in [2.75, 3.05) is 23.4 Å². The Hall–Kier alpha value is -2.82. The lowest BCUT2D eigenvalue weighted by Crippen LogP contribution is -2.23. The van der Waals surface area contributed by atoms with Gasteiger partial charge in [0.15, 0.2) is 0 Å². The summed E-state index contributed by atoms with van der Waals surface area (Å²) in [4.78, 5) is 25.8. The summed E-state index contributed by atoms with van der Waals surface area (Å²) in [6.45, 7) is 3.32. The number of para-hydroxylation sites is 1. The van der Waals surface area contributed by atoms with Gasteiger partial charge in [0, 0.05) is 30.8 Å². The first kappa shape index (κ1) is 18.0. The average molecular weight is 352 g/mol. The zero-order valence-electron chi connectivity index (χ0n) is 15.0. The molecular formula is C21H24N2O3. The van der Waals surface area contributed by atoms with Gasteiger partial charge < -0.3 is 15.0 Å². The van der Waals surface area contributed by atoms with Crippen molar-refractivity contribution >= 4 is 23.2 Å². The monoisotopic (exact) mass is 352 g/mol. The van der Waals surface area contributed by atoms with Crippen molar-refractivity contribution in [1.29, 1.82) is 0 Å². The SMILES string of the molecule is CCOc1ccccc1CCC(=O)Nc1ccc(N2CCCC2=O)cc1. The predicted molar refractivity (Wildman–Crippen MR) is 103 cm³/mol. The van der Waals surface area contributed by atoms with Crippen LogP contribution in [0.5, 0.6) is 5.75 Å². The molecule has 2 aromatic rings. The van der Waals surface area contributed by atoms with Crippen molar-refractivity contribution in [3.8, 4) is 5.75 Å². The molecule has 1 N–H and O–H groups in total. The van der Waals surface area contributed by atoms with Gasteiger partial charge in [0.1, 0.15) is 5.75 Å². The van der Waals surface area contributed by atoms with Crippen LogP contribution in [-0.4, -0.2) is 25.0 Å². The molecule has 1 aliphatic heterocycles. The van der Waals surface area contributed by atoms with E-state index in [2.05, 4.69) is 5.32 Å². The van der Waals surface area contributed by atoms with Gasteiger partial charge in [-0.2, -0.15) is 0 Å². The molecule has 0 atom stereocenters. The van der Waals surface area contributed by atoms with Crippen LogP contribution >= 0.6 is 0 Å². The first-order valence-corrected chi connectivity index (χ1v) is 9.08. The standard InChI is InChI=1S/C21H24N2O3/c1-2-26-19-7-4-3-6-16(19)9-14-20(24)22-17-10-12-18(13-11-17)23-15-5-8-21(23)25/h3-4,6-7,10-13H,2,5,8-9,14-15H2,1H3,(H,22,24). The highest BCUT2D eigenvalue weighted by Crippen LogP contribution is 2.23. The number of amides is 2. The van der Waals surface area contributed by atoms with E-state index in [0.717, 1.165) is 35.7 Å². The molecule has 26 heavy (non-hydrogen) atoms. The molecule has 3 rings (SSSR count). The van der Waals surface area contributed by atoms with Crippen molar-refractivity contribution in [2.45, 2.75) is 32.6 Å². The van der Waals surface area contributed by atoms with Crippen LogP contribution in [0.15, 0.2) is 48.5 Å². The lowest BCUT2D eigenvalue weighted by atomic mass is 10.1. The third kappa shape index (κ3) is 4.42. The second kappa shape index (κ2) is 8.52. The molecule has 136 valence electrons. The summed E-state index contributed by atoms with van der Waals surface area (Å²) >= 11 is 0. The molecule has 1 aliphatic rings. The first-order chi connectivity index (χ1) is 12.7. The van der Waals surface area contributed by atoms with Crippen LogP contribution in [0.3, 0.4) is 0 Å². The molecule has 0 aliphatic carbocycles. The fourth-order valence-corrected chi connectivity index (χ4v) is 3.12. The molecule has 2 amide bonds. The summed E-state index contributed by atoms with van der Waals surface area (Å²) in [7, 11) is 0. The smallest absolute Gasteiger partial charge is 0.227 e. The Morgan fingerprint density at radius 2 is 1.92 bits per heavy atom. The van der Waals surface area contributed by atoms with E-state index in [9.17, 15) is 9.59 Å². The van der Waals surface area contributed by atoms with E-state index in [4.69, 9.17) is 4.74 Å². The Balaban J connectivity index is 1.54. The van der Waals surface area contributed by atoms with Gasteiger partial charge >= 0.3 is 0 Å². The summed E-state index contributed by atoms with van der Waals surface area (Å²) in [5, 5.41) is 2.91. The zero-order chi connectivity index (χ0) is 18.4. The lowest BCUT2D eigenvalue weighted by molar-refractivity contribution is -0.117. The van der Waals surface area contributed by atoms with Gasteiger partial charge in [-0.25, -0.2) is 0 Å². The van der Waals surface area contributed by atoms with Gasteiger partial charge in [-0.3, -0.25) is 9.59 Å². The van der Waals surface area contributed by atoms with Crippen molar-refractivity contribution < 1.29 is 14.3 Å². The predicted octanol–water partition coefficient (Wildman–Crippen LogP) is 3.78. The van der Waals surface area contributed by atoms with Gasteiger partial charge in [-0.1, -0.05) is 18.2 Å². The number of benzene rings is 2. The number of hydrogen-bond donors (Lipinski definition) is 1. The highest BCUT2D eigenvalue weighted by atomic mass is 16.5. The van der Waals surface area contributed by atoms with Crippen molar-refractivity contribution in [2.24, 2.45) is 0 Å². The molecular weight excluding hydrogens is 328 g/mol. The van der Waals surface area contributed by atoms with Gasteiger partial charge in [-0.05, 0) is 55.7 Å². The minimum absolute atomic E-state index is 0.0405. The van der Waals surface area contributed by atoms with Crippen LogP contribution < -0.4 is 15.0 Å². The molecule has 5 heteroatoms. The summed E-state index contributed by atoms with van der Waals surface area (Å²) < 4.78 is 5.59. The van der Waals surface area contributed by atoms with Crippen LogP contribution in [0, 0.1) is 0 Å². The minimum Gasteiger partial charge on any atom is -0.494 e. The number of carbonyl (C=O) groups excluding carboxylic acids is 2. The molecule has 0 saturated carbocycles. The second-order valence-corrected chi connectivity index (χ2v) is 6.28. The minimum atomic E-state index is -0.0405. The molecule has 0 bridgehead atoms. The maximum atomic E-state index is 12.2. The van der Waals surface area contributed by atoms with Crippen LogP contribution in [0.4, 0.5) is 11.4 Å². The van der Waals surface area contributed by atoms with Crippen molar-refractivity contribution in [3.05, 3.63) is 54.1 Å². The normalized spacial score (nSPS) is 13.7. The number of rotatable bonds is 7. The van der Waals surface area contributed by atoms with Crippen LogP contribution in [-0.2, 0) is 16.0 Å². The summed E-state index contributed by atoms with van der Waals surface area (Å²) in [5.74, 6) is 0.957. The van der Waals surface area contributed by atoms with Gasteiger partial charge in [0.2, 0.25) is 11.8 Å². The van der Waals surface area contributed by atoms with E-state index >= 15 is 0 Å². The van der Waals surface area contributed by atoms with Gasteiger partial charge in [0.05, 0.1) is 6.61 Å². The second-order valence-electron chi connectivity index (χ2n) is 6.28. The van der Waals surface area contributed by atoms with Crippen LogP contribution in [0.1, 0.15) is 31.7 Å². The van der Waals surface area contributed by atoms with Crippen LogP contribution in [0.25, 0.3) is 0 Å². The molecule has 2 aromatic carbocycles. The number of nitrogens with zero attached hydrogens (tertiary/aromatic N) is 1. The van der Waals surface area contributed by atoms with Crippen LogP contribution in [0.2, 0.25) is 0 Å². The molecule has 1 heterocycles. The summed E-state index contributed by atoms with van der Waals surface area (Å²) in [6.07, 6.45) is 2.53. The Morgan fingerprint density at radius 3 is 2.62 bits per heavy atom. The van der Waals surface area contributed by atoms with Crippen molar-refractivity contribution in [1.82, 2.24) is 0 Å². The van der Waals surface area contributed by atoms with E-state index < -0.39 is 0 Å². The van der Waals surface area contributed by atoms with Crippen molar-refractivity contribution in [3.63, 3.8) is 0 Å². The fourth-order valence-electron chi connectivity index (χ4n) is 3.12. The topological polar surface area (TPSA) is 58.6 Å². The zero-order valence-corrected chi connectivity index (χ0v) is 15.0. The molecule has 0 spiro atoms. The Labute approximate surface area is 154 Å². The Kier molecular flexibility index (Phi) is 5.89. The number of anilines is 2. The van der Waals surface area contributed by atoms with Gasteiger partial charge in [0.25, 0.3) is 0 Å². The molecule has 0 aromatic heterocycles. The Morgan fingerprint density at radius 1 is 1.15 bits per heavy atom. The van der Waals surface area contributed by atoms with E-state index in [0.29, 0.717) is 25.9 Å². The number of ether oxygens (including phenoxy) is 1. The summed E-state index contributed by atoms with van der Waals surface area (Å²) in [5.41, 5.74) is 2.66. The largest absolute Gasteiger partial charge is 0.494 e. The maximum absolute atomic E-state index is 12.2. The average Bonchev–Trinajstić information content (AvgIpc) is 3.08. The highest BCUT2D eigenvalue weighted by Gasteiger charge is 2.21. The number of nitrogens with one attached hydrogen (secondary N) is 1. The molecule has 1 saturated heterocycles. The number of carbonyl (C=O) groups is 2. The third-order valence-electron chi connectivity index (χ3n) is 4.43. The highest BCUT2D eigenvalue weighted by molar-refractivity contribution is 5.96. The van der Waals surface area contributed by atoms with E-state index in [1.807, 2.05) is 55.5 Å². The molecule has 0 radical (unpaired) electrons.